The third-order valence-electron chi connectivity index (χ3n) is 6.54. The van der Waals surface area contributed by atoms with Crippen LogP contribution >= 0.6 is 0 Å². The fraction of sp³-hybridized carbons (Fsp3) is 0.375. The zero-order valence-corrected chi connectivity index (χ0v) is 19.0. The molecule has 0 radical (unpaired) electrons. The summed E-state index contributed by atoms with van der Waals surface area (Å²) in [5.41, 5.74) is 3.75. The van der Waals surface area contributed by atoms with Crippen LogP contribution in [-0.4, -0.2) is 61.8 Å². The monoisotopic (exact) mass is 453 g/mol. The molecule has 1 aromatic heterocycles. The van der Waals surface area contributed by atoms with Gasteiger partial charge < -0.3 is 14.6 Å². The van der Waals surface area contributed by atoms with Gasteiger partial charge in [-0.3, -0.25) is 4.79 Å². The molecule has 0 atom stereocenters. The summed E-state index contributed by atoms with van der Waals surface area (Å²) >= 11 is 0. The number of nitrogens with zero attached hydrogens (tertiary/aromatic N) is 2. The van der Waals surface area contributed by atoms with Crippen LogP contribution in [0.15, 0.2) is 47.4 Å². The highest BCUT2D eigenvalue weighted by Crippen LogP contribution is 2.27. The average molecular weight is 454 g/mol. The molecule has 0 unspecified atom stereocenters. The second-order valence-electron chi connectivity index (χ2n) is 8.47. The first-order chi connectivity index (χ1) is 15.5. The second-order valence-corrected chi connectivity index (χ2v) is 10.4. The number of aromatic amines is 1. The van der Waals surface area contributed by atoms with Crippen molar-refractivity contribution in [3.8, 4) is 5.75 Å². The summed E-state index contributed by atoms with van der Waals surface area (Å²) in [6, 6.07) is 13.0. The summed E-state index contributed by atoms with van der Waals surface area (Å²) in [6.45, 7) is 1.31. The van der Waals surface area contributed by atoms with Gasteiger partial charge >= 0.3 is 0 Å². The number of nitrogens with one attached hydrogen (secondary N) is 1. The Hall–Kier alpha value is -2.84. The van der Waals surface area contributed by atoms with E-state index in [2.05, 4.69) is 4.98 Å². The van der Waals surface area contributed by atoms with E-state index in [1.807, 2.05) is 36.4 Å². The number of rotatable bonds is 4. The number of H-pyrrole nitrogens is 1. The number of sulfonamides is 1. The van der Waals surface area contributed by atoms with Crippen molar-refractivity contribution in [2.75, 3.05) is 33.3 Å². The minimum atomic E-state index is -3.56. The molecule has 0 bridgehead atoms. The van der Waals surface area contributed by atoms with Gasteiger partial charge in [0, 0.05) is 43.1 Å². The lowest BCUT2D eigenvalue weighted by molar-refractivity contribution is 0.0693. The van der Waals surface area contributed by atoms with Gasteiger partial charge in [0.15, 0.2) is 0 Å². The van der Waals surface area contributed by atoms with Crippen molar-refractivity contribution in [1.82, 2.24) is 14.2 Å². The number of carbonyl (C=O) groups excluding carboxylic acids is 1. The summed E-state index contributed by atoms with van der Waals surface area (Å²) in [6.07, 6.45) is 4.24. The van der Waals surface area contributed by atoms with Gasteiger partial charge in [0.1, 0.15) is 11.4 Å². The van der Waals surface area contributed by atoms with E-state index >= 15 is 0 Å². The minimum Gasteiger partial charge on any atom is -0.497 e. The second kappa shape index (κ2) is 8.26. The number of ether oxygens (including phenoxy) is 1. The standard InChI is InChI=1S/C24H27N3O4S/c1-31-20-8-6-19-15-23(25-22(19)16-20)24(28)26-10-12-27(13-11-26)32(29,30)21-9-7-17-4-2-3-5-18(17)14-21/h6-9,14-16,25H,2-5,10-13H2,1H3. The molecule has 2 heterocycles. The van der Waals surface area contributed by atoms with E-state index in [-0.39, 0.29) is 5.91 Å². The first-order valence-electron chi connectivity index (χ1n) is 11.0. The van der Waals surface area contributed by atoms with E-state index < -0.39 is 10.0 Å². The molecule has 5 rings (SSSR count). The molecule has 1 fully saturated rings. The fourth-order valence-electron chi connectivity index (χ4n) is 4.67. The maximum atomic E-state index is 13.2. The molecule has 1 amide bonds. The Morgan fingerprint density at radius 1 is 0.938 bits per heavy atom. The molecule has 7 nitrogen and oxygen atoms in total. The summed E-state index contributed by atoms with van der Waals surface area (Å²) in [4.78, 5) is 18.2. The first kappa shape index (κ1) is 21.0. The number of hydrogen-bond acceptors (Lipinski definition) is 4. The molecule has 168 valence electrons. The maximum Gasteiger partial charge on any atom is 0.270 e. The Bertz CT molecular complexity index is 1270. The molecular weight excluding hydrogens is 426 g/mol. The zero-order chi connectivity index (χ0) is 22.3. The summed E-state index contributed by atoms with van der Waals surface area (Å²) in [7, 11) is -1.96. The van der Waals surface area contributed by atoms with Gasteiger partial charge in [-0.2, -0.15) is 4.31 Å². The van der Waals surface area contributed by atoms with Crippen molar-refractivity contribution in [3.05, 3.63) is 59.3 Å². The predicted octanol–water partition coefficient (Wildman–Crippen LogP) is 3.20. The van der Waals surface area contributed by atoms with Crippen LogP contribution < -0.4 is 4.74 Å². The third kappa shape index (κ3) is 3.78. The quantitative estimate of drug-likeness (QED) is 0.658. The zero-order valence-electron chi connectivity index (χ0n) is 18.1. The molecule has 1 aliphatic heterocycles. The topological polar surface area (TPSA) is 82.7 Å². The van der Waals surface area contributed by atoms with Crippen LogP contribution in [0, 0.1) is 0 Å². The molecule has 0 saturated carbocycles. The Balaban J connectivity index is 1.29. The number of piperazine rings is 1. The van der Waals surface area contributed by atoms with Crippen molar-refractivity contribution in [3.63, 3.8) is 0 Å². The van der Waals surface area contributed by atoms with E-state index in [1.165, 1.54) is 16.3 Å². The maximum absolute atomic E-state index is 13.2. The van der Waals surface area contributed by atoms with E-state index in [4.69, 9.17) is 4.74 Å². The number of hydrogen-bond donors (Lipinski definition) is 1. The van der Waals surface area contributed by atoms with Crippen molar-refractivity contribution >= 4 is 26.8 Å². The average Bonchev–Trinajstić information content (AvgIpc) is 3.26. The molecule has 2 aromatic carbocycles. The number of aromatic nitrogens is 1. The number of benzene rings is 2. The molecule has 2 aliphatic rings. The van der Waals surface area contributed by atoms with Crippen molar-refractivity contribution in [2.45, 2.75) is 30.6 Å². The van der Waals surface area contributed by atoms with Crippen molar-refractivity contribution in [1.29, 1.82) is 0 Å². The summed E-state index contributed by atoms with van der Waals surface area (Å²) in [5, 5.41) is 0.933. The van der Waals surface area contributed by atoms with Gasteiger partial charge in [-0.1, -0.05) is 6.07 Å². The molecule has 3 aromatic rings. The highest BCUT2D eigenvalue weighted by molar-refractivity contribution is 7.89. The molecule has 32 heavy (non-hydrogen) atoms. The number of fused-ring (bicyclic) bond motifs is 2. The molecule has 1 N–H and O–H groups in total. The molecule has 1 saturated heterocycles. The minimum absolute atomic E-state index is 0.119. The fourth-order valence-corrected chi connectivity index (χ4v) is 6.14. The molecule has 1 aliphatic carbocycles. The van der Waals surface area contributed by atoms with E-state index in [0.717, 1.165) is 41.5 Å². The predicted molar refractivity (Wildman–Crippen MR) is 123 cm³/mol. The molecule has 0 spiro atoms. The molecular formula is C24H27N3O4S. The van der Waals surface area contributed by atoms with Gasteiger partial charge in [-0.05, 0) is 67.1 Å². The number of carbonyl (C=O) groups is 1. The van der Waals surface area contributed by atoms with Crippen molar-refractivity contribution < 1.29 is 17.9 Å². The number of amides is 1. The van der Waals surface area contributed by atoms with Gasteiger partial charge in [0.2, 0.25) is 10.0 Å². The third-order valence-corrected chi connectivity index (χ3v) is 8.44. The van der Waals surface area contributed by atoms with Gasteiger partial charge in [0.25, 0.3) is 5.91 Å². The van der Waals surface area contributed by atoms with E-state index in [1.54, 1.807) is 18.1 Å². The lowest BCUT2D eigenvalue weighted by Gasteiger charge is -2.34. The van der Waals surface area contributed by atoms with Crippen LogP contribution in [0.4, 0.5) is 0 Å². The first-order valence-corrected chi connectivity index (χ1v) is 12.5. The van der Waals surface area contributed by atoms with Gasteiger partial charge in [-0.15, -0.1) is 0 Å². The van der Waals surface area contributed by atoms with Gasteiger partial charge in [-0.25, -0.2) is 8.42 Å². The van der Waals surface area contributed by atoms with E-state index in [9.17, 15) is 13.2 Å². The highest BCUT2D eigenvalue weighted by atomic mass is 32.2. The lowest BCUT2D eigenvalue weighted by atomic mass is 9.92. The van der Waals surface area contributed by atoms with Crippen LogP contribution in [0.5, 0.6) is 5.75 Å². The smallest absolute Gasteiger partial charge is 0.270 e. The Labute approximate surface area is 188 Å². The van der Waals surface area contributed by atoms with Crippen LogP contribution in [0.1, 0.15) is 34.5 Å². The van der Waals surface area contributed by atoms with Crippen molar-refractivity contribution in [2.24, 2.45) is 0 Å². The number of aryl methyl sites for hydroxylation is 2. The van der Waals surface area contributed by atoms with Crippen LogP contribution in [-0.2, 0) is 22.9 Å². The normalized spacial score (nSPS) is 17.3. The Morgan fingerprint density at radius 3 is 2.44 bits per heavy atom. The van der Waals surface area contributed by atoms with Crippen LogP contribution in [0.3, 0.4) is 0 Å². The van der Waals surface area contributed by atoms with Gasteiger partial charge in [0.05, 0.1) is 12.0 Å². The molecule has 8 heteroatoms. The summed E-state index contributed by atoms with van der Waals surface area (Å²) < 4.78 is 33.1. The Morgan fingerprint density at radius 2 is 1.69 bits per heavy atom. The Kier molecular flexibility index (Phi) is 5.43. The lowest BCUT2D eigenvalue weighted by Crippen LogP contribution is -2.50. The van der Waals surface area contributed by atoms with Crippen LogP contribution in [0.25, 0.3) is 10.9 Å². The number of methoxy groups -OCH3 is 1. The summed E-state index contributed by atoms with van der Waals surface area (Å²) in [5.74, 6) is 0.602. The SMILES string of the molecule is COc1ccc2cc(C(=O)N3CCN(S(=O)(=O)c4ccc5c(c4)CCCC5)CC3)[nH]c2c1. The van der Waals surface area contributed by atoms with Crippen LogP contribution in [0.2, 0.25) is 0 Å². The largest absolute Gasteiger partial charge is 0.497 e. The van der Waals surface area contributed by atoms with E-state index in [0.29, 0.717) is 36.8 Å². The highest BCUT2D eigenvalue weighted by Gasteiger charge is 2.31.